The number of carbonyl (C=O) groups is 2. The molecule has 1 aromatic carbocycles. The van der Waals surface area contributed by atoms with E-state index in [0.29, 0.717) is 18.7 Å². The molecule has 1 unspecified atom stereocenters. The number of nitrogens with two attached hydrogens (primary N) is 1. The lowest BCUT2D eigenvalue weighted by atomic mass is 9.97. The van der Waals surface area contributed by atoms with Crippen LogP contribution < -0.4 is 10.5 Å². The molecule has 0 aliphatic carbocycles. The van der Waals surface area contributed by atoms with E-state index >= 15 is 0 Å². The molecule has 2 rings (SSSR count). The van der Waals surface area contributed by atoms with Gasteiger partial charge >= 0.3 is 0 Å². The number of methoxy groups -OCH3 is 1. The fraction of sp³-hybridized carbons (Fsp3) is 0.429. The van der Waals surface area contributed by atoms with Crippen molar-refractivity contribution in [2.45, 2.75) is 12.8 Å². The van der Waals surface area contributed by atoms with Crippen molar-refractivity contribution in [1.29, 1.82) is 0 Å². The van der Waals surface area contributed by atoms with Crippen LogP contribution >= 0.6 is 0 Å². The Labute approximate surface area is 117 Å². The first-order valence-electron chi connectivity index (χ1n) is 6.48. The second-order valence-corrected chi connectivity index (χ2v) is 4.88. The predicted octanol–water partition coefficient (Wildman–Crippen LogP) is 0.738. The fourth-order valence-corrected chi connectivity index (χ4v) is 2.39. The third-order valence-corrected chi connectivity index (χ3v) is 3.54. The standard InChI is InChI=1S/C14H18N2O4/c1-20-12-7-9(4-5-11(12)17)14(19)16-6-2-3-10(8-16)13(15)18/h4-5,7,10,17H,2-3,6,8H2,1H3,(H2,15,18). The first-order chi connectivity index (χ1) is 9.52. The Bertz CT molecular complexity index is 530. The summed E-state index contributed by atoms with van der Waals surface area (Å²) in [7, 11) is 1.42. The number of phenolic OH excluding ortho intramolecular Hbond substituents is 1. The summed E-state index contributed by atoms with van der Waals surface area (Å²) in [5.74, 6) is -0.608. The highest BCUT2D eigenvalue weighted by atomic mass is 16.5. The Balaban J connectivity index is 2.16. The lowest BCUT2D eigenvalue weighted by molar-refractivity contribution is -0.123. The Morgan fingerprint density at radius 1 is 1.45 bits per heavy atom. The van der Waals surface area contributed by atoms with Gasteiger partial charge in [-0.3, -0.25) is 9.59 Å². The Morgan fingerprint density at radius 2 is 2.20 bits per heavy atom. The summed E-state index contributed by atoms with van der Waals surface area (Å²) < 4.78 is 4.99. The van der Waals surface area contributed by atoms with Gasteiger partial charge in [-0.25, -0.2) is 0 Å². The van der Waals surface area contributed by atoms with Crippen molar-refractivity contribution in [3.05, 3.63) is 23.8 Å². The van der Waals surface area contributed by atoms with Crippen LogP contribution in [0.3, 0.4) is 0 Å². The number of benzene rings is 1. The van der Waals surface area contributed by atoms with Crippen molar-refractivity contribution >= 4 is 11.8 Å². The zero-order valence-corrected chi connectivity index (χ0v) is 11.3. The van der Waals surface area contributed by atoms with Gasteiger partial charge in [0, 0.05) is 18.7 Å². The number of carbonyl (C=O) groups excluding carboxylic acids is 2. The largest absolute Gasteiger partial charge is 0.504 e. The maximum absolute atomic E-state index is 12.4. The molecule has 1 saturated heterocycles. The van der Waals surface area contributed by atoms with E-state index in [1.165, 1.54) is 25.3 Å². The van der Waals surface area contributed by atoms with E-state index in [1.54, 1.807) is 4.90 Å². The highest BCUT2D eigenvalue weighted by Crippen LogP contribution is 2.27. The van der Waals surface area contributed by atoms with Gasteiger partial charge in [0.05, 0.1) is 13.0 Å². The lowest BCUT2D eigenvalue weighted by Gasteiger charge is -2.31. The molecule has 1 atom stereocenters. The van der Waals surface area contributed by atoms with Crippen molar-refractivity contribution in [3.8, 4) is 11.5 Å². The van der Waals surface area contributed by atoms with Crippen LogP contribution in [0.2, 0.25) is 0 Å². The number of rotatable bonds is 3. The third-order valence-electron chi connectivity index (χ3n) is 3.54. The van der Waals surface area contributed by atoms with Crippen LogP contribution in [0, 0.1) is 5.92 Å². The minimum atomic E-state index is -0.370. The van der Waals surface area contributed by atoms with Gasteiger partial charge in [0.2, 0.25) is 5.91 Å². The molecule has 6 nitrogen and oxygen atoms in total. The van der Waals surface area contributed by atoms with Crippen molar-refractivity contribution in [1.82, 2.24) is 4.90 Å². The van der Waals surface area contributed by atoms with Gasteiger partial charge in [0.15, 0.2) is 11.5 Å². The molecule has 1 aromatic rings. The maximum atomic E-state index is 12.4. The first kappa shape index (κ1) is 14.2. The van der Waals surface area contributed by atoms with Crippen LogP contribution in [0.5, 0.6) is 11.5 Å². The van der Waals surface area contributed by atoms with Crippen molar-refractivity contribution < 1.29 is 19.4 Å². The topological polar surface area (TPSA) is 92.9 Å². The van der Waals surface area contributed by atoms with Gasteiger partial charge < -0.3 is 20.5 Å². The zero-order valence-electron chi connectivity index (χ0n) is 11.3. The van der Waals surface area contributed by atoms with Crippen molar-refractivity contribution in [2.75, 3.05) is 20.2 Å². The van der Waals surface area contributed by atoms with Gasteiger partial charge in [0.25, 0.3) is 5.91 Å². The van der Waals surface area contributed by atoms with Gasteiger partial charge in [0.1, 0.15) is 0 Å². The summed E-state index contributed by atoms with van der Waals surface area (Å²) in [5.41, 5.74) is 5.72. The average molecular weight is 278 g/mol. The third kappa shape index (κ3) is 2.84. The smallest absolute Gasteiger partial charge is 0.254 e. The van der Waals surface area contributed by atoms with E-state index in [0.717, 1.165) is 12.8 Å². The van der Waals surface area contributed by atoms with Crippen LogP contribution in [-0.2, 0) is 4.79 Å². The van der Waals surface area contributed by atoms with Gasteiger partial charge in [-0.05, 0) is 31.0 Å². The number of likely N-dealkylation sites (tertiary alicyclic amines) is 1. The van der Waals surface area contributed by atoms with Crippen molar-refractivity contribution in [2.24, 2.45) is 11.7 Å². The number of ether oxygens (including phenoxy) is 1. The number of nitrogens with zero attached hydrogens (tertiary/aromatic N) is 1. The number of hydrogen-bond acceptors (Lipinski definition) is 4. The highest BCUT2D eigenvalue weighted by molar-refractivity contribution is 5.95. The fourth-order valence-electron chi connectivity index (χ4n) is 2.39. The molecular weight excluding hydrogens is 260 g/mol. The SMILES string of the molecule is COc1cc(C(=O)N2CCCC(C(N)=O)C2)ccc1O. The molecule has 1 aliphatic rings. The molecule has 108 valence electrons. The molecule has 0 spiro atoms. The highest BCUT2D eigenvalue weighted by Gasteiger charge is 2.27. The maximum Gasteiger partial charge on any atom is 0.254 e. The average Bonchev–Trinajstić information content (AvgIpc) is 2.47. The molecule has 1 fully saturated rings. The molecule has 0 saturated carbocycles. The molecule has 0 radical (unpaired) electrons. The molecular formula is C14H18N2O4. The number of piperidine rings is 1. The van der Waals surface area contributed by atoms with Crippen LogP contribution in [0.1, 0.15) is 23.2 Å². The van der Waals surface area contributed by atoms with Crippen LogP contribution in [0.25, 0.3) is 0 Å². The predicted molar refractivity (Wildman–Crippen MR) is 72.5 cm³/mol. The zero-order chi connectivity index (χ0) is 14.7. The molecule has 1 heterocycles. The van der Waals surface area contributed by atoms with Gasteiger partial charge in [-0.15, -0.1) is 0 Å². The van der Waals surface area contributed by atoms with Gasteiger partial charge in [-0.1, -0.05) is 0 Å². The quantitative estimate of drug-likeness (QED) is 0.852. The van der Waals surface area contributed by atoms with Crippen LogP contribution in [-0.4, -0.2) is 42.0 Å². The van der Waals surface area contributed by atoms with Crippen LogP contribution in [0.4, 0.5) is 0 Å². The minimum absolute atomic E-state index is 0.0160. The van der Waals surface area contributed by atoms with E-state index in [2.05, 4.69) is 0 Å². The number of hydrogen-bond donors (Lipinski definition) is 2. The summed E-state index contributed by atoms with van der Waals surface area (Å²) in [6.07, 6.45) is 1.48. The number of phenols is 1. The first-order valence-corrected chi connectivity index (χ1v) is 6.48. The summed E-state index contributed by atoms with van der Waals surface area (Å²) in [4.78, 5) is 25.2. The molecule has 0 aromatic heterocycles. The van der Waals surface area contributed by atoms with E-state index in [1.807, 2.05) is 0 Å². The summed E-state index contributed by atoms with van der Waals surface area (Å²) in [6.45, 7) is 0.948. The Kier molecular flexibility index (Phi) is 4.12. The number of primary amides is 1. The monoisotopic (exact) mass is 278 g/mol. The lowest BCUT2D eigenvalue weighted by Crippen LogP contribution is -2.44. The van der Waals surface area contributed by atoms with Crippen molar-refractivity contribution in [3.63, 3.8) is 0 Å². The molecule has 6 heteroatoms. The number of aromatic hydroxyl groups is 1. The molecule has 2 amide bonds. The molecule has 0 bridgehead atoms. The second kappa shape index (κ2) is 5.81. The Hall–Kier alpha value is -2.24. The van der Waals surface area contributed by atoms with E-state index in [9.17, 15) is 14.7 Å². The number of amides is 2. The van der Waals surface area contributed by atoms with E-state index < -0.39 is 0 Å². The summed E-state index contributed by atoms with van der Waals surface area (Å²) in [6, 6.07) is 4.45. The van der Waals surface area contributed by atoms with Crippen LogP contribution in [0.15, 0.2) is 18.2 Å². The van der Waals surface area contributed by atoms with E-state index in [-0.39, 0.29) is 29.2 Å². The summed E-state index contributed by atoms with van der Waals surface area (Å²) >= 11 is 0. The van der Waals surface area contributed by atoms with E-state index in [4.69, 9.17) is 10.5 Å². The molecule has 1 aliphatic heterocycles. The minimum Gasteiger partial charge on any atom is -0.504 e. The summed E-state index contributed by atoms with van der Waals surface area (Å²) in [5, 5.41) is 9.53. The normalized spacial score (nSPS) is 18.6. The Morgan fingerprint density at radius 3 is 2.85 bits per heavy atom. The molecule has 3 N–H and O–H groups in total. The second-order valence-electron chi connectivity index (χ2n) is 4.88. The molecule has 20 heavy (non-hydrogen) atoms. The van der Waals surface area contributed by atoms with Gasteiger partial charge in [-0.2, -0.15) is 0 Å².